The molecule has 128 valence electrons. The summed E-state index contributed by atoms with van der Waals surface area (Å²) in [5, 5.41) is 1.21. The fourth-order valence-electron chi connectivity index (χ4n) is 3.55. The van der Waals surface area contributed by atoms with Crippen LogP contribution in [0.2, 0.25) is 0 Å². The van der Waals surface area contributed by atoms with Crippen molar-refractivity contribution >= 4 is 33.0 Å². The van der Waals surface area contributed by atoms with Crippen LogP contribution in [0.3, 0.4) is 0 Å². The third-order valence-corrected chi connectivity index (χ3v) is 4.93. The van der Waals surface area contributed by atoms with Crippen LogP contribution in [0.1, 0.15) is 0 Å². The average Bonchev–Trinajstić information content (AvgIpc) is 3.42. The van der Waals surface area contributed by atoms with Crippen LogP contribution in [-0.4, -0.2) is 19.9 Å². The third kappa shape index (κ3) is 2.25. The molecule has 3 aromatic carbocycles. The Morgan fingerprint density at radius 2 is 1.63 bits per heavy atom. The molecule has 6 rings (SSSR count). The minimum atomic E-state index is 0.756. The predicted molar refractivity (Wildman–Crippen MR) is 106 cm³/mol. The van der Waals surface area contributed by atoms with E-state index >= 15 is 0 Å². The SMILES string of the molecule is c1ccc2[nH]c(-c3ccc4nc(-c5ccc6ncoc6c5)[nH]c4c3)cc2c1. The number of aromatic amines is 2. The number of benzene rings is 3. The van der Waals surface area contributed by atoms with Crippen LogP contribution < -0.4 is 0 Å². The first kappa shape index (κ1) is 14.3. The van der Waals surface area contributed by atoms with E-state index in [1.54, 1.807) is 0 Å². The summed E-state index contributed by atoms with van der Waals surface area (Å²) < 4.78 is 5.40. The standard InChI is InChI=1S/C22H14N4O/c1-2-4-16-13(3-1)9-19(24-16)14-5-7-17-20(10-14)26-22(25-17)15-6-8-18-21(11-15)27-12-23-18/h1-12,24H,(H,25,26). The molecule has 0 atom stereocenters. The number of hydrogen-bond donors (Lipinski definition) is 2. The van der Waals surface area contributed by atoms with E-state index in [9.17, 15) is 0 Å². The van der Waals surface area contributed by atoms with Crippen molar-refractivity contribution in [3.05, 3.63) is 73.1 Å². The van der Waals surface area contributed by atoms with Gasteiger partial charge in [0.05, 0.1) is 11.0 Å². The largest absolute Gasteiger partial charge is 0.443 e. The highest BCUT2D eigenvalue weighted by Crippen LogP contribution is 2.29. The second-order valence-electron chi connectivity index (χ2n) is 6.62. The van der Waals surface area contributed by atoms with Crippen LogP contribution >= 0.6 is 0 Å². The normalized spacial score (nSPS) is 11.7. The molecule has 3 aromatic heterocycles. The minimum absolute atomic E-state index is 0.756. The maximum atomic E-state index is 5.40. The molecular formula is C22H14N4O. The van der Waals surface area contributed by atoms with Gasteiger partial charge in [-0.15, -0.1) is 0 Å². The summed E-state index contributed by atoms with van der Waals surface area (Å²) in [7, 11) is 0. The highest BCUT2D eigenvalue weighted by molar-refractivity contribution is 5.89. The van der Waals surface area contributed by atoms with Crippen LogP contribution in [-0.2, 0) is 0 Å². The number of H-pyrrole nitrogens is 2. The summed E-state index contributed by atoms with van der Waals surface area (Å²) in [5.74, 6) is 0.817. The van der Waals surface area contributed by atoms with Crippen molar-refractivity contribution in [1.82, 2.24) is 19.9 Å². The molecule has 0 amide bonds. The number of oxazole rings is 1. The zero-order valence-electron chi connectivity index (χ0n) is 14.2. The second-order valence-corrected chi connectivity index (χ2v) is 6.62. The van der Waals surface area contributed by atoms with Crippen LogP contribution in [0, 0.1) is 0 Å². The van der Waals surface area contributed by atoms with Gasteiger partial charge in [-0.05, 0) is 42.5 Å². The van der Waals surface area contributed by atoms with Crippen molar-refractivity contribution in [2.24, 2.45) is 0 Å². The van der Waals surface area contributed by atoms with E-state index in [1.165, 1.54) is 11.8 Å². The summed E-state index contributed by atoms with van der Waals surface area (Å²) in [6.45, 7) is 0. The van der Waals surface area contributed by atoms with Gasteiger partial charge in [0.25, 0.3) is 0 Å². The molecule has 0 saturated carbocycles. The van der Waals surface area contributed by atoms with Gasteiger partial charge in [-0.3, -0.25) is 0 Å². The van der Waals surface area contributed by atoms with Crippen molar-refractivity contribution in [3.63, 3.8) is 0 Å². The molecule has 27 heavy (non-hydrogen) atoms. The molecule has 0 unspecified atom stereocenters. The predicted octanol–water partition coefficient (Wildman–Crippen LogP) is 5.52. The molecule has 0 bridgehead atoms. The molecule has 0 aliphatic rings. The monoisotopic (exact) mass is 350 g/mol. The van der Waals surface area contributed by atoms with E-state index in [2.05, 4.69) is 51.4 Å². The summed E-state index contributed by atoms with van der Waals surface area (Å²) in [6, 6.07) is 22.6. The van der Waals surface area contributed by atoms with Gasteiger partial charge >= 0.3 is 0 Å². The molecule has 0 saturated heterocycles. The van der Waals surface area contributed by atoms with Gasteiger partial charge < -0.3 is 14.4 Å². The molecule has 5 heteroatoms. The van der Waals surface area contributed by atoms with E-state index in [0.29, 0.717) is 0 Å². The smallest absolute Gasteiger partial charge is 0.181 e. The van der Waals surface area contributed by atoms with Crippen LogP contribution in [0.4, 0.5) is 0 Å². The average molecular weight is 350 g/mol. The molecule has 0 fully saturated rings. The highest BCUT2D eigenvalue weighted by Gasteiger charge is 2.10. The first-order valence-corrected chi connectivity index (χ1v) is 8.75. The van der Waals surface area contributed by atoms with Crippen molar-refractivity contribution in [2.45, 2.75) is 0 Å². The lowest BCUT2D eigenvalue weighted by atomic mass is 10.1. The summed E-state index contributed by atoms with van der Waals surface area (Å²) in [5.41, 5.74) is 7.86. The number of fused-ring (bicyclic) bond motifs is 3. The van der Waals surface area contributed by atoms with Gasteiger partial charge in [-0.1, -0.05) is 24.3 Å². The van der Waals surface area contributed by atoms with Gasteiger partial charge in [0.1, 0.15) is 11.3 Å². The molecule has 3 heterocycles. The van der Waals surface area contributed by atoms with Crippen LogP contribution in [0.15, 0.2) is 77.5 Å². The Morgan fingerprint density at radius 3 is 2.59 bits per heavy atom. The molecule has 6 aromatic rings. The zero-order valence-corrected chi connectivity index (χ0v) is 14.2. The lowest BCUT2D eigenvalue weighted by Gasteiger charge is -1.97. The molecule has 5 nitrogen and oxygen atoms in total. The zero-order chi connectivity index (χ0) is 17.8. The van der Waals surface area contributed by atoms with E-state index in [-0.39, 0.29) is 0 Å². The molecule has 0 aliphatic carbocycles. The summed E-state index contributed by atoms with van der Waals surface area (Å²) in [6.07, 6.45) is 1.46. The van der Waals surface area contributed by atoms with Gasteiger partial charge in [0.15, 0.2) is 12.0 Å². The molecule has 2 N–H and O–H groups in total. The van der Waals surface area contributed by atoms with E-state index in [1.807, 2.05) is 30.3 Å². The van der Waals surface area contributed by atoms with Crippen molar-refractivity contribution in [1.29, 1.82) is 0 Å². The van der Waals surface area contributed by atoms with E-state index < -0.39 is 0 Å². The van der Waals surface area contributed by atoms with Crippen LogP contribution in [0.5, 0.6) is 0 Å². The maximum absolute atomic E-state index is 5.40. The number of nitrogens with zero attached hydrogens (tertiary/aromatic N) is 2. The van der Waals surface area contributed by atoms with Gasteiger partial charge in [0.2, 0.25) is 0 Å². The number of rotatable bonds is 2. The lowest BCUT2D eigenvalue weighted by molar-refractivity contribution is 0.602. The van der Waals surface area contributed by atoms with Crippen molar-refractivity contribution in [2.75, 3.05) is 0 Å². The van der Waals surface area contributed by atoms with E-state index in [4.69, 9.17) is 9.40 Å². The maximum Gasteiger partial charge on any atom is 0.181 e. The topological polar surface area (TPSA) is 70.5 Å². The number of imidazole rings is 1. The van der Waals surface area contributed by atoms with Crippen LogP contribution in [0.25, 0.3) is 55.7 Å². The third-order valence-electron chi connectivity index (χ3n) is 4.93. The molecule has 0 aliphatic heterocycles. The second kappa shape index (κ2) is 5.32. The van der Waals surface area contributed by atoms with Gasteiger partial charge in [-0.25, -0.2) is 9.97 Å². The van der Waals surface area contributed by atoms with Gasteiger partial charge in [0, 0.05) is 27.7 Å². The number of hydrogen-bond acceptors (Lipinski definition) is 3. The Balaban J connectivity index is 1.46. The highest BCUT2D eigenvalue weighted by atomic mass is 16.3. The lowest BCUT2D eigenvalue weighted by Crippen LogP contribution is -1.79. The number of aromatic nitrogens is 4. The minimum Gasteiger partial charge on any atom is -0.443 e. The molecular weight excluding hydrogens is 336 g/mol. The number of para-hydroxylation sites is 1. The van der Waals surface area contributed by atoms with Gasteiger partial charge in [-0.2, -0.15) is 0 Å². The molecule has 0 radical (unpaired) electrons. The quantitative estimate of drug-likeness (QED) is 0.432. The Kier molecular flexibility index (Phi) is 2.82. The summed E-state index contributed by atoms with van der Waals surface area (Å²) >= 11 is 0. The molecule has 0 spiro atoms. The Bertz CT molecular complexity index is 1400. The first-order chi connectivity index (χ1) is 13.3. The number of nitrogens with one attached hydrogen (secondary N) is 2. The Labute approximate surface area is 153 Å². The Hall–Kier alpha value is -3.86. The fraction of sp³-hybridized carbons (Fsp3) is 0. The van der Waals surface area contributed by atoms with E-state index in [0.717, 1.165) is 50.3 Å². The fourth-order valence-corrected chi connectivity index (χ4v) is 3.55. The van der Waals surface area contributed by atoms with Crippen molar-refractivity contribution in [3.8, 4) is 22.6 Å². The first-order valence-electron chi connectivity index (χ1n) is 8.75. The van der Waals surface area contributed by atoms with Crippen molar-refractivity contribution < 1.29 is 4.42 Å². The summed E-state index contributed by atoms with van der Waals surface area (Å²) in [4.78, 5) is 15.8. The Morgan fingerprint density at radius 1 is 0.741 bits per heavy atom.